The maximum Gasteiger partial charge on any atom is -0.00266 e. The molecule has 8 aromatic rings. The van der Waals surface area contributed by atoms with Gasteiger partial charge in [-0.2, -0.15) is 0 Å². The van der Waals surface area contributed by atoms with Gasteiger partial charge in [0.15, 0.2) is 0 Å². The average molecular weight is 507 g/mol. The maximum absolute atomic E-state index is 2.36. The molecule has 0 N–H and O–H groups in total. The van der Waals surface area contributed by atoms with Crippen LogP contribution in [-0.4, -0.2) is 0 Å². The lowest BCUT2D eigenvalue weighted by molar-refractivity contribution is 1.63. The predicted molar refractivity (Wildman–Crippen MR) is 173 cm³/mol. The zero-order valence-corrected chi connectivity index (χ0v) is 22.0. The standard InChI is InChI=1S/C40H26/c1-2-11-31-25-33(24-19-27(31)9-1)36-17-8-18-38-39(36)26-32-12-4-6-15-37(32)40(38)30-22-20-29(21-23-30)35-16-7-13-28-10-3-5-14-34(28)35/h1-26H. The molecule has 0 nitrogen and oxygen atoms in total. The van der Waals surface area contributed by atoms with Crippen molar-refractivity contribution >= 4 is 43.1 Å². The van der Waals surface area contributed by atoms with Gasteiger partial charge < -0.3 is 0 Å². The Kier molecular flexibility index (Phi) is 5.24. The van der Waals surface area contributed by atoms with Gasteiger partial charge in [0.1, 0.15) is 0 Å². The summed E-state index contributed by atoms with van der Waals surface area (Å²) in [6, 6.07) is 57.6. The Hall–Kier alpha value is -5.20. The molecule has 0 saturated heterocycles. The molecular formula is C40H26. The molecule has 0 spiro atoms. The zero-order chi connectivity index (χ0) is 26.5. The summed E-state index contributed by atoms with van der Waals surface area (Å²) in [5, 5.41) is 10.2. The van der Waals surface area contributed by atoms with E-state index in [-0.39, 0.29) is 0 Å². The van der Waals surface area contributed by atoms with E-state index in [9.17, 15) is 0 Å². The maximum atomic E-state index is 2.36. The van der Waals surface area contributed by atoms with Gasteiger partial charge in [-0.15, -0.1) is 0 Å². The van der Waals surface area contributed by atoms with Crippen molar-refractivity contribution in [3.63, 3.8) is 0 Å². The lowest BCUT2D eigenvalue weighted by Crippen LogP contribution is -1.89. The summed E-state index contributed by atoms with van der Waals surface area (Å²) in [6.45, 7) is 0. The minimum absolute atomic E-state index is 1.24. The van der Waals surface area contributed by atoms with Crippen LogP contribution >= 0.6 is 0 Å². The highest BCUT2D eigenvalue weighted by atomic mass is 14.2. The topological polar surface area (TPSA) is 0 Å². The Morgan fingerprint density at radius 3 is 1.62 bits per heavy atom. The Balaban J connectivity index is 1.34. The molecule has 40 heavy (non-hydrogen) atoms. The summed E-state index contributed by atoms with van der Waals surface area (Å²) < 4.78 is 0. The largest absolute Gasteiger partial charge is 0.0616 e. The van der Waals surface area contributed by atoms with Gasteiger partial charge in [0.05, 0.1) is 0 Å². The first-order valence-electron chi connectivity index (χ1n) is 13.9. The highest BCUT2D eigenvalue weighted by molar-refractivity contribution is 6.16. The number of rotatable bonds is 3. The molecule has 0 aliphatic carbocycles. The van der Waals surface area contributed by atoms with Crippen LogP contribution in [0.5, 0.6) is 0 Å². The van der Waals surface area contributed by atoms with Crippen LogP contribution in [0.15, 0.2) is 158 Å². The van der Waals surface area contributed by atoms with Crippen molar-refractivity contribution in [1.82, 2.24) is 0 Å². The molecule has 186 valence electrons. The molecule has 0 saturated carbocycles. The summed E-state index contributed by atoms with van der Waals surface area (Å²) in [4.78, 5) is 0. The molecule has 0 amide bonds. The Bertz CT molecular complexity index is 2190. The van der Waals surface area contributed by atoms with Gasteiger partial charge in [-0.3, -0.25) is 0 Å². The Morgan fingerprint density at radius 2 is 0.800 bits per heavy atom. The summed E-state index contributed by atoms with van der Waals surface area (Å²) in [7, 11) is 0. The fraction of sp³-hybridized carbons (Fsp3) is 0. The summed E-state index contributed by atoms with van der Waals surface area (Å²) >= 11 is 0. The normalized spacial score (nSPS) is 11.5. The molecule has 0 unspecified atom stereocenters. The second-order valence-corrected chi connectivity index (χ2v) is 10.5. The van der Waals surface area contributed by atoms with Crippen molar-refractivity contribution in [2.75, 3.05) is 0 Å². The van der Waals surface area contributed by atoms with Gasteiger partial charge in [0.25, 0.3) is 0 Å². The van der Waals surface area contributed by atoms with Crippen LogP contribution in [0, 0.1) is 0 Å². The van der Waals surface area contributed by atoms with E-state index in [1.54, 1.807) is 0 Å². The van der Waals surface area contributed by atoms with Gasteiger partial charge in [-0.05, 0) is 88.6 Å². The quantitative estimate of drug-likeness (QED) is 0.209. The van der Waals surface area contributed by atoms with Gasteiger partial charge >= 0.3 is 0 Å². The third kappa shape index (κ3) is 3.69. The van der Waals surface area contributed by atoms with E-state index < -0.39 is 0 Å². The van der Waals surface area contributed by atoms with Gasteiger partial charge in [0, 0.05) is 0 Å². The molecule has 0 radical (unpaired) electrons. The third-order valence-electron chi connectivity index (χ3n) is 8.24. The number of hydrogen-bond acceptors (Lipinski definition) is 0. The number of benzene rings is 8. The minimum atomic E-state index is 1.24. The van der Waals surface area contributed by atoms with Crippen molar-refractivity contribution in [2.24, 2.45) is 0 Å². The SMILES string of the molecule is c1ccc2cc(-c3cccc4c(-c5ccc(-c6cccc7ccccc67)cc5)c5ccccc5cc34)ccc2c1. The lowest BCUT2D eigenvalue weighted by atomic mass is 9.88. The average Bonchev–Trinajstić information content (AvgIpc) is 3.03. The molecule has 8 rings (SSSR count). The molecule has 0 fully saturated rings. The van der Waals surface area contributed by atoms with Crippen LogP contribution in [0.4, 0.5) is 0 Å². The molecular weight excluding hydrogens is 480 g/mol. The number of fused-ring (bicyclic) bond motifs is 4. The second kappa shape index (κ2) is 9.22. The Labute approximate surface area is 233 Å². The van der Waals surface area contributed by atoms with E-state index in [0.717, 1.165) is 0 Å². The van der Waals surface area contributed by atoms with E-state index >= 15 is 0 Å². The van der Waals surface area contributed by atoms with Crippen molar-refractivity contribution in [2.45, 2.75) is 0 Å². The Morgan fingerprint density at radius 1 is 0.250 bits per heavy atom. The van der Waals surface area contributed by atoms with Crippen LogP contribution in [0.3, 0.4) is 0 Å². The number of hydrogen-bond donors (Lipinski definition) is 0. The van der Waals surface area contributed by atoms with E-state index in [1.807, 2.05) is 0 Å². The van der Waals surface area contributed by atoms with E-state index in [4.69, 9.17) is 0 Å². The third-order valence-corrected chi connectivity index (χ3v) is 8.24. The predicted octanol–water partition coefficient (Wildman–Crippen LogP) is 11.3. The zero-order valence-electron chi connectivity index (χ0n) is 22.0. The van der Waals surface area contributed by atoms with Crippen molar-refractivity contribution in [3.8, 4) is 33.4 Å². The molecule has 0 heterocycles. The molecule has 0 bridgehead atoms. The fourth-order valence-corrected chi connectivity index (χ4v) is 6.30. The lowest BCUT2D eigenvalue weighted by Gasteiger charge is -2.16. The molecule has 0 heteroatoms. The van der Waals surface area contributed by atoms with E-state index in [0.29, 0.717) is 0 Å². The molecule has 0 aliphatic heterocycles. The van der Waals surface area contributed by atoms with Crippen LogP contribution in [0.25, 0.3) is 76.5 Å². The molecule has 0 atom stereocenters. The molecule has 0 aromatic heterocycles. The minimum Gasteiger partial charge on any atom is -0.0616 e. The first kappa shape index (κ1) is 22.8. The van der Waals surface area contributed by atoms with Gasteiger partial charge in [-0.1, -0.05) is 146 Å². The first-order valence-corrected chi connectivity index (χ1v) is 13.9. The van der Waals surface area contributed by atoms with Crippen molar-refractivity contribution in [3.05, 3.63) is 158 Å². The molecule has 8 aromatic carbocycles. The van der Waals surface area contributed by atoms with Crippen LogP contribution in [-0.2, 0) is 0 Å². The van der Waals surface area contributed by atoms with E-state index in [2.05, 4.69) is 158 Å². The monoisotopic (exact) mass is 506 g/mol. The van der Waals surface area contributed by atoms with Crippen molar-refractivity contribution in [1.29, 1.82) is 0 Å². The smallest absolute Gasteiger partial charge is 0.00266 e. The van der Waals surface area contributed by atoms with Gasteiger partial charge in [0.2, 0.25) is 0 Å². The molecule has 0 aliphatic rings. The highest BCUT2D eigenvalue weighted by Crippen LogP contribution is 2.41. The van der Waals surface area contributed by atoms with Gasteiger partial charge in [-0.25, -0.2) is 0 Å². The van der Waals surface area contributed by atoms with Crippen LogP contribution in [0.1, 0.15) is 0 Å². The van der Waals surface area contributed by atoms with E-state index in [1.165, 1.54) is 76.5 Å². The van der Waals surface area contributed by atoms with Crippen LogP contribution in [0.2, 0.25) is 0 Å². The fourth-order valence-electron chi connectivity index (χ4n) is 6.30. The summed E-state index contributed by atoms with van der Waals surface area (Å²) in [5.41, 5.74) is 7.55. The van der Waals surface area contributed by atoms with Crippen molar-refractivity contribution < 1.29 is 0 Å². The second-order valence-electron chi connectivity index (χ2n) is 10.5. The summed E-state index contributed by atoms with van der Waals surface area (Å²) in [5.74, 6) is 0. The highest BCUT2D eigenvalue weighted by Gasteiger charge is 2.14. The van der Waals surface area contributed by atoms with Crippen LogP contribution < -0.4 is 0 Å². The summed E-state index contributed by atoms with van der Waals surface area (Å²) in [6.07, 6.45) is 0. The first-order chi connectivity index (χ1) is 19.8.